The molecule has 4 nitrogen and oxygen atoms in total. The number of anilines is 1. The molecule has 4 heteroatoms. The van der Waals surface area contributed by atoms with Crippen LogP contribution in [0.25, 0.3) is 11.0 Å². The summed E-state index contributed by atoms with van der Waals surface area (Å²) in [4.78, 5) is 6.91. The minimum atomic E-state index is 0.805. The fourth-order valence-corrected chi connectivity index (χ4v) is 2.18. The SMILES string of the molecule is CCCn1c(CCN(C)C)nc2ccc(N)cc21. The monoisotopic (exact) mass is 246 g/mol. The maximum atomic E-state index is 5.87. The van der Waals surface area contributed by atoms with E-state index in [1.807, 2.05) is 18.2 Å². The number of aryl methyl sites for hydroxylation is 1. The Morgan fingerprint density at radius 2 is 2.11 bits per heavy atom. The molecule has 1 aromatic heterocycles. The van der Waals surface area contributed by atoms with Crippen molar-refractivity contribution in [2.24, 2.45) is 0 Å². The van der Waals surface area contributed by atoms with Gasteiger partial charge in [0.05, 0.1) is 11.0 Å². The van der Waals surface area contributed by atoms with Crippen molar-refractivity contribution in [2.45, 2.75) is 26.3 Å². The van der Waals surface area contributed by atoms with E-state index in [9.17, 15) is 0 Å². The third kappa shape index (κ3) is 2.64. The number of likely N-dealkylation sites (N-methyl/N-ethyl adjacent to an activating group) is 1. The van der Waals surface area contributed by atoms with E-state index in [2.05, 4.69) is 30.5 Å². The van der Waals surface area contributed by atoms with Crippen LogP contribution < -0.4 is 5.73 Å². The Kier molecular flexibility index (Phi) is 3.87. The van der Waals surface area contributed by atoms with Crippen molar-refractivity contribution in [3.63, 3.8) is 0 Å². The largest absolute Gasteiger partial charge is 0.399 e. The van der Waals surface area contributed by atoms with E-state index >= 15 is 0 Å². The standard InChI is InChI=1S/C14H22N4/c1-4-8-18-13-10-11(15)5-6-12(13)16-14(18)7-9-17(2)3/h5-6,10H,4,7-9,15H2,1-3H3. The molecule has 0 aliphatic rings. The lowest BCUT2D eigenvalue weighted by Crippen LogP contribution is -2.17. The number of imidazole rings is 1. The van der Waals surface area contributed by atoms with Crippen LogP contribution in [0.15, 0.2) is 18.2 Å². The summed E-state index contributed by atoms with van der Waals surface area (Å²) in [5, 5.41) is 0. The van der Waals surface area contributed by atoms with Crippen LogP contribution in [-0.4, -0.2) is 35.1 Å². The molecule has 2 N–H and O–H groups in total. The van der Waals surface area contributed by atoms with Gasteiger partial charge in [-0.1, -0.05) is 6.92 Å². The minimum Gasteiger partial charge on any atom is -0.399 e. The van der Waals surface area contributed by atoms with Gasteiger partial charge < -0.3 is 15.2 Å². The van der Waals surface area contributed by atoms with Gasteiger partial charge in [0.25, 0.3) is 0 Å². The van der Waals surface area contributed by atoms with Gasteiger partial charge in [-0.3, -0.25) is 0 Å². The lowest BCUT2D eigenvalue weighted by atomic mass is 10.3. The number of hydrogen-bond acceptors (Lipinski definition) is 3. The third-order valence-corrected chi connectivity index (χ3v) is 3.08. The van der Waals surface area contributed by atoms with Gasteiger partial charge >= 0.3 is 0 Å². The summed E-state index contributed by atoms with van der Waals surface area (Å²) >= 11 is 0. The molecule has 0 amide bonds. The van der Waals surface area contributed by atoms with Gasteiger partial charge in [0.1, 0.15) is 5.82 Å². The van der Waals surface area contributed by atoms with Crippen LogP contribution in [0.3, 0.4) is 0 Å². The third-order valence-electron chi connectivity index (χ3n) is 3.08. The van der Waals surface area contributed by atoms with E-state index < -0.39 is 0 Å². The molecule has 1 aromatic carbocycles. The molecule has 0 atom stereocenters. The lowest BCUT2D eigenvalue weighted by Gasteiger charge is -2.11. The van der Waals surface area contributed by atoms with Crippen LogP contribution >= 0.6 is 0 Å². The smallest absolute Gasteiger partial charge is 0.111 e. The number of benzene rings is 1. The highest BCUT2D eigenvalue weighted by atomic mass is 15.1. The van der Waals surface area contributed by atoms with Crippen LogP contribution in [0, 0.1) is 0 Å². The van der Waals surface area contributed by atoms with Crippen LogP contribution in [0.5, 0.6) is 0 Å². The summed E-state index contributed by atoms with van der Waals surface area (Å²) in [5.41, 5.74) is 8.88. The highest BCUT2D eigenvalue weighted by Crippen LogP contribution is 2.20. The van der Waals surface area contributed by atoms with Crippen molar-refractivity contribution in [1.82, 2.24) is 14.5 Å². The Morgan fingerprint density at radius 1 is 1.33 bits per heavy atom. The maximum absolute atomic E-state index is 5.87. The van der Waals surface area contributed by atoms with Gasteiger partial charge in [0.2, 0.25) is 0 Å². The zero-order valence-corrected chi connectivity index (χ0v) is 11.5. The van der Waals surface area contributed by atoms with E-state index in [1.165, 1.54) is 0 Å². The van der Waals surface area contributed by atoms with Crippen molar-refractivity contribution < 1.29 is 0 Å². The number of fused-ring (bicyclic) bond motifs is 1. The van der Waals surface area contributed by atoms with Crippen LogP contribution in [0.4, 0.5) is 5.69 Å². The molecule has 0 aliphatic carbocycles. The number of hydrogen-bond donors (Lipinski definition) is 1. The maximum Gasteiger partial charge on any atom is 0.111 e. The number of nitrogen functional groups attached to an aromatic ring is 1. The van der Waals surface area contributed by atoms with E-state index in [0.29, 0.717) is 0 Å². The Balaban J connectivity index is 2.41. The molecule has 0 bridgehead atoms. The molecule has 1 heterocycles. The topological polar surface area (TPSA) is 47.1 Å². The Hall–Kier alpha value is -1.55. The Bertz CT molecular complexity index is 528. The summed E-state index contributed by atoms with van der Waals surface area (Å²) in [6.07, 6.45) is 2.08. The van der Waals surface area contributed by atoms with E-state index in [0.717, 1.165) is 48.5 Å². The minimum absolute atomic E-state index is 0.805. The van der Waals surface area contributed by atoms with Gasteiger partial charge in [-0.2, -0.15) is 0 Å². The molecule has 0 radical (unpaired) electrons. The van der Waals surface area contributed by atoms with Crippen LogP contribution in [0.1, 0.15) is 19.2 Å². The van der Waals surface area contributed by atoms with Gasteiger partial charge in [0.15, 0.2) is 0 Å². The van der Waals surface area contributed by atoms with Crippen molar-refractivity contribution in [3.8, 4) is 0 Å². The molecule has 2 aromatic rings. The summed E-state index contributed by atoms with van der Waals surface area (Å²) in [6.45, 7) is 4.21. The predicted molar refractivity (Wildman–Crippen MR) is 76.7 cm³/mol. The average Bonchev–Trinajstić information content (AvgIpc) is 2.65. The second-order valence-corrected chi connectivity index (χ2v) is 4.98. The van der Waals surface area contributed by atoms with Crippen LogP contribution in [0.2, 0.25) is 0 Å². The van der Waals surface area contributed by atoms with Gasteiger partial charge in [-0.05, 0) is 38.7 Å². The van der Waals surface area contributed by atoms with Gasteiger partial charge in [-0.15, -0.1) is 0 Å². The zero-order valence-electron chi connectivity index (χ0n) is 11.5. The second kappa shape index (κ2) is 5.40. The molecular formula is C14H22N4. The second-order valence-electron chi connectivity index (χ2n) is 4.98. The molecule has 0 unspecified atom stereocenters. The predicted octanol–water partition coefficient (Wildman–Crippen LogP) is 2.13. The van der Waals surface area contributed by atoms with Crippen molar-refractivity contribution in [1.29, 1.82) is 0 Å². The Morgan fingerprint density at radius 3 is 2.78 bits per heavy atom. The van der Waals surface area contributed by atoms with E-state index in [-0.39, 0.29) is 0 Å². The molecule has 98 valence electrons. The molecule has 0 saturated carbocycles. The van der Waals surface area contributed by atoms with Crippen molar-refractivity contribution >= 4 is 16.7 Å². The fourth-order valence-electron chi connectivity index (χ4n) is 2.18. The first-order chi connectivity index (χ1) is 8.61. The normalized spacial score (nSPS) is 11.6. The van der Waals surface area contributed by atoms with E-state index in [1.54, 1.807) is 0 Å². The van der Waals surface area contributed by atoms with Crippen molar-refractivity contribution in [2.75, 3.05) is 26.4 Å². The number of nitrogens with zero attached hydrogens (tertiary/aromatic N) is 3. The fraction of sp³-hybridized carbons (Fsp3) is 0.500. The lowest BCUT2D eigenvalue weighted by molar-refractivity contribution is 0.406. The van der Waals surface area contributed by atoms with Crippen LogP contribution in [-0.2, 0) is 13.0 Å². The highest BCUT2D eigenvalue weighted by Gasteiger charge is 2.10. The molecule has 0 spiro atoms. The first-order valence-electron chi connectivity index (χ1n) is 6.51. The average molecular weight is 246 g/mol. The summed E-state index contributed by atoms with van der Waals surface area (Å²) in [5.74, 6) is 1.16. The molecule has 0 saturated heterocycles. The first kappa shape index (κ1) is 12.9. The van der Waals surface area contributed by atoms with Gasteiger partial charge in [0, 0.05) is 25.2 Å². The van der Waals surface area contributed by atoms with Gasteiger partial charge in [-0.25, -0.2) is 4.98 Å². The number of aromatic nitrogens is 2. The summed E-state index contributed by atoms with van der Waals surface area (Å²) in [6, 6.07) is 5.95. The van der Waals surface area contributed by atoms with E-state index in [4.69, 9.17) is 10.7 Å². The zero-order chi connectivity index (χ0) is 13.1. The quantitative estimate of drug-likeness (QED) is 0.822. The highest BCUT2D eigenvalue weighted by molar-refractivity contribution is 5.79. The number of nitrogens with two attached hydrogens (primary N) is 1. The molecule has 0 aliphatic heterocycles. The van der Waals surface area contributed by atoms with Crippen molar-refractivity contribution in [3.05, 3.63) is 24.0 Å². The molecule has 18 heavy (non-hydrogen) atoms. The Labute approximate surface area is 108 Å². The first-order valence-corrected chi connectivity index (χ1v) is 6.51. The molecule has 0 fully saturated rings. The number of rotatable bonds is 5. The molecular weight excluding hydrogens is 224 g/mol. The summed E-state index contributed by atoms with van der Waals surface area (Å²) < 4.78 is 2.30. The molecule has 2 rings (SSSR count). The summed E-state index contributed by atoms with van der Waals surface area (Å²) in [7, 11) is 4.18.